The summed E-state index contributed by atoms with van der Waals surface area (Å²) < 4.78 is 29.4. The summed E-state index contributed by atoms with van der Waals surface area (Å²) in [4.78, 5) is 33.0. The number of halogens is 2. The predicted molar refractivity (Wildman–Crippen MR) is 148 cm³/mol. The van der Waals surface area contributed by atoms with Gasteiger partial charge in [0.25, 0.3) is 17.7 Å². The number of nitrogens with zero attached hydrogens (tertiary/aromatic N) is 5. The molecular formula is C31H33F2N5O2. The van der Waals surface area contributed by atoms with Crippen molar-refractivity contribution in [3.8, 4) is 11.8 Å². The molecule has 3 aromatic rings. The molecule has 1 aromatic heterocycles. The number of aromatic nitrogens is 1. The van der Waals surface area contributed by atoms with E-state index < -0.39 is 5.92 Å². The smallest absolute Gasteiger partial charge is 0.270 e. The first kappa shape index (κ1) is 26.5. The van der Waals surface area contributed by atoms with Gasteiger partial charge in [-0.25, -0.2) is 8.78 Å². The van der Waals surface area contributed by atoms with Gasteiger partial charge in [-0.15, -0.1) is 0 Å². The lowest BCUT2D eigenvalue weighted by Crippen LogP contribution is -2.51. The molecule has 3 fully saturated rings. The number of carbonyl (C=O) groups is 2. The Bertz CT molecular complexity index is 1470. The molecule has 2 aromatic carbocycles. The Labute approximate surface area is 232 Å². The number of nitriles is 1. The Hall–Kier alpha value is -3.77. The first-order valence-electron chi connectivity index (χ1n) is 14.2. The second kappa shape index (κ2) is 10.7. The summed E-state index contributed by atoms with van der Waals surface area (Å²) in [6, 6.07) is 16.9. The maximum absolute atomic E-state index is 13.8. The van der Waals surface area contributed by atoms with Gasteiger partial charge >= 0.3 is 0 Å². The number of amides is 2. The van der Waals surface area contributed by atoms with Crippen LogP contribution in [0.5, 0.6) is 0 Å². The first-order chi connectivity index (χ1) is 19.3. The highest BCUT2D eigenvalue weighted by Gasteiger charge is 2.37. The van der Waals surface area contributed by atoms with E-state index in [4.69, 9.17) is 0 Å². The molecule has 2 saturated heterocycles. The third-order valence-electron chi connectivity index (χ3n) is 8.73. The number of benzene rings is 2. The molecule has 6 rings (SSSR count). The maximum Gasteiger partial charge on any atom is 0.270 e. The van der Waals surface area contributed by atoms with Crippen molar-refractivity contribution in [1.82, 2.24) is 19.3 Å². The van der Waals surface area contributed by atoms with Gasteiger partial charge in [-0.3, -0.25) is 14.5 Å². The Morgan fingerprint density at radius 2 is 1.55 bits per heavy atom. The summed E-state index contributed by atoms with van der Waals surface area (Å²) in [7, 11) is 0. The summed E-state index contributed by atoms with van der Waals surface area (Å²) >= 11 is 0. The van der Waals surface area contributed by atoms with Gasteiger partial charge in [-0.2, -0.15) is 5.26 Å². The molecule has 2 amide bonds. The summed E-state index contributed by atoms with van der Waals surface area (Å²) in [5.74, 6) is -3.13. The van der Waals surface area contributed by atoms with Crippen LogP contribution in [0.4, 0.5) is 8.78 Å². The Balaban J connectivity index is 1.31. The molecule has 7 nitrogen and oxygen atoms in total. The molecule has 2 aliphatic heterocycles. The van der Waals surface area contributed by atoms with E-state index in [0.717, 1.165) is 13.1 Å². The topological polar surface area (TPSA) is 72.6 Å². The number of piperazine rings is 1. The summed E-state index contributed by atoms with van der Waals surface area (Å²) in [5, 5.41) is 10.2. The lowest BCUT2D eigenvalue weighted by molar-refractivity contribution is -0.0495. The monoisotopic (exact) mass is 545 g/mol. The van der Waals surface area contributed by atoms with Crippen molar-refractivity contribution < 1.29 is 18.4 Å². The highest BCUT2D eigenvalue weighted by Crippen LogP contribution is 2.32. The van der Waals surface area contributed by atoms with Crippen LogP contribution in [0, 0.1) is 11.3 Å². The normalized spacial score (nSPS) is 20.1. The number of hydrogen-bond acceptors (Lipinski definition) is 4. The number of piperidine rings is 1. The van der Waals surface area contributed by atoms with Crippen LogP contribution in [0.3, 0.4) is 0 Å². The lowest BCUT2D eigenvalue weighted by Gasteiger charge is -2.38. The van der Waals surface area contributed by atoms with E-state index >= 15 is 0 Å². The molecule has 3 aliphatic rings. The van der Waals surface area contributed by atoms with Crippen LogP contribution in [0.15, 0.2) is 48.5 Å². The van der Waals surface area contributed by atoms with Crippen molar-refractivity contribution in [3.63, 3.8) is 0 Å². The van der Waals surface area contributed by atoms with Crippen molar-refractivity contribution >= 4 is 22.7 Å². The molecule has 0 radical (unpaired) electrons. The minimum atomic E-state index is -2.76. The van der Waals surface area contributed by atoms with Gasteiger partial charge in [0.1, 0.15) is 5.69 Å². The van der Waals surface area contributed by atoms with Crippen LogP contribution >= 0.6 is 0 Å². The third-order valence-corrected chi connectivity index (χ3v) is 8.73. The molecule has 0 unspecified atom stereocenters. The summed E-state index contributed by atoms with van der Waals surface area (Å²) in [6.45, 7) is 3.11. The molecule has 9 heteroatoms. The summed E-state index contributed by atoms with van der Waals surface area (Å²) in [6.07, 6.45) is 4.35. The maximum atomic E-state index is 13.8. The Morgan fingerprint density at radius 1 is 0.850 bits per heavy atom. The van der Waals surface area contributed by atoms with E-state index in [0.29, 0.717) is 52.5 Å². The molecule has 1 aliphatic carbocycles. The molecule has 0 bridgehead atoms. The molecule has 1 saturated carbocycles. The molecule has 208 valence electrons. The fourth-order valence-corrected chi connectivity index (χ4v) is 6.44. The summed E-state index contributed by atoms with van der Waals surface area (Å²) in [5.41, 5.74) is 2.66. The second-order valence-corrected chi connectivity index (χ2v) is 11.2. The van der Waals surface area contributed by atoms with Crippen LogP contribution in [-0.2, 0) is 0 Å². The van der Waals surface area contributed by atoms with E-state index in [1.807, 2.05) is 23.1 Å². The minimum Gasteiger partial charge on any atom is -0.337 e. The lowest BCUT2D eigenvalue weighted by atomic mass is 10.1. The molecule has 3 heterocycles. The average molecular weight is 546 g/mol. The average Bonchev–Trinajstić information content (AvgIpc) is 3.65. The number of alkyl halides is 2. The van der Waals surface area contributed by atoms with Crippen molar-refractivity contribution in [1.29, 1.82) is 5.26 Å². The standard InChI is InChI=1S/C31H33F2N5O2/c32-31(33)10-12-36(13-11-31)30(40)28-20-24-19-23(8-9-27(24)38(28)26-7-3-4-22(18-26)21-34)29(39)37-16-14-35(15-17-37)25-5-1-2-6-25/h3-4,7-9,18-20,25H,1-2,5-6,10-17H2. The number of rotatable bonds is 4. The van der Waals surface area contributed by atoms with E-state index in [-0.39, 0.29) is 37.7 Å². The van der Waals surface area contributed by atoms with Crippen molar-refractivity contribution in [2.75, 3.05) is 39.3 Å². The zero-order valence-electron chi connectivity index (χ0n) is 22.5. The van der Waals surface area contributed by atoms with Gasteiger partial charge in [-0.1, -0.05) is 18.9 Å². The quantitative estimate of drug-likeness (QED) is 0.459. The van der Waals surface area contributed by atoms with Crippen molar-refractivity contribution in [3.05, 3.63) is 65.4 Å². The van der Waals surface area contributed by atoms with Crippen LogP contribution in [0.1, 0.15) is 64.9 Å². The largest absolute Gasteiger partial charge is 0.337 e. The van der Waals surface area contributed by atoms with Crippen molar-refractivity contribution in [2.45, 2.75) is 50.5 Å². The molecule has 0 N–H and O–H groups in total. The third kappa shape index (κ3) is 5.08. The predicted octanol–water partition coefficient (Wildman–Crippen LogP) is 5.07. The van der Waals surface area contributed by atoms with Crippen LogP contribution in [0.25, 0.3) is 16.6 Å². The fourth-order valence-electron chi connectivity index (χ4n) is 6.44. The van der Waals surface area contributed by atoms with E-state index in [2.05, 4.69) is 11.0 Å². The van der Waals surface area contributed by atoms with Crippen LogP contribution in [-0.4, -0.2) is 82.3 Å². The highest BCUT2D eigenvalue weighted by molar-refractivity contribution is 6.03. The van der Waals surface area contributed by atoms with E-state index in [9.17, 15) is 23.6 Å². The zero-order valence-corrected chi connectivity index (χ0v) is 22.5. The van der Waals surface area contributed by atoms with Gasteiger partial charge in [0.2, 0.25) is 0 Å². The molecule has 0 spiro atoms. The van der Waals surface area contributed by atoms with Crippen LogP contribution in [0.2, 0.25) is 0 Å². The van der Waals surface area contributed by atoms with Gasteiger partial charge in [0, 0.05) is 74.8 Å². The first-order valence-corrected chi connectivity index (χ1v) is 14.2. The Kier molecular flexibility index (Phi) is 7.05. The van der Waals surface area contributed by atoms with Gasteiger partial charge < -0.3 is 14.4 Å². The molecule has 0 atom stereocenters. The number of carbonyl (C=O) groups excluding carboxylic acids is 2. The van der Waals surface area contributed by atoms with Gasteiger partial charge in [0.05, 0.1) is 17.1 Å². The highest BCUT2D eigenvalue weighted by atomic mass is 19.3. The van der Waals surface area contributed by atoms with E-state index in [1.165, 1.54) is 30.6 Å². The number of hydrogen-bond donors (Lipinski definition) is 0. The Morgan fingerprint density at radius 3 is 2.25 bits per heavy atom. The minimum absolute atomic E-state index is 0.0256. The second-order valence-electron chi connectivity index (χ2n) is 11.2. The number of fused-ring (bicyclic) bond motifs is 1. The fraction of sp³-hybridized carbons (Fsp3) is 0.452. The SMILES string of the molecule is N#Cc1cccc(-n2c(C(=O)N3CCC(F)(F)CC3)cc3cc(C(=O)N4CCN(C5CCCC5)CC4)ccc32)c1. The van der Waals surface area contributed by atoms with E-state index in [1.54, 1.807) is 34.9 Å². The van der Waals surface area contributed by atoms with Crippen molar-refractivity contribution in [2.24, 2.45) is 0 Å². The number of likely N-dealkylation sites (tertiary alicyclic amines) is 1. The van der Waals surface area contributed by atoms with Crippen LogP contribution < -0.4 is 0 Å². The zero-order chi connectivity index (χ0) is 27.9. The molecular weight excluding hydrogens is 512 g/mol. The molecule has 40 heavy (non-hydrogen) atoms. The van der Waals surface area contributed by atoms with Gasteiger partial charge in [-0.05, 0) is 55.3 Å². The van der Waals surface area contributed by atoms with Gasteiger partial charge in [0.15, 0.2) is 0 Å².